The van der Waals surface area contributed by atoms with Crippen molar-refractivity contribution in [2.75, 3.05) is 13.2 Å². The summed E-state index contributed by atoms with van der Waals surface area (Å²) in [5.41, 5.74) is 0. The van der Waals surface area contributed by atoms with Gasteiger partial charge in [-0.15, -0.1) is 0 Å². The van der Waals surface area contributed by atoms with Crippen molar-refractivity contribution in [1.29, 1.82) is 0 Å². The second-order valence-electron chi connectivity index (χ2n) is 4.93. The second-order valence-corrected chi connectivity index (χ2v) is 6.25. The molecule has 0 bridgehead atoms. The Morgan fingerprint density at radius 2 is 2.30 bits per heavy atom. The maximum Gasteiger partial charge on any atom is 0.257 e. The van der Waals surface area contributed by atoms with Crippen LogP contribution in [-0.4, -0.2) is 30.3 Å². The van der Waals surface area contributed by atoms with Crippen LogP contribution >= 0.6 is 27.5 Å². The van der Waals surface area contributed by atoms with E-state index in [9.17, 15) is 9.90 Å². The first-order valence-electron chi connectivity index (χ1n) is 6.59. The molecule has 4 nitrogen and oxygen atoms in total. The molecule has 0 saturated heterocycles. The van der Waals surface area contributed by atoms with E-state index in [1.54, 1.807) is 18.2 Å². The van der Waals surface area contributed by atoms with Crippen LogP contribution in [-0.2, 0) is 4.79 Å². The molecule has 6 heteroatoms. The first kappa shape index (κ1) is 15.6. The van der Waals surface area contributed by atoms with Gasteiger partial charge < -0.3 is 15.2 Å². The fourth-order valence-corrected chi connectivity index (χ4v) is 3.01. The molecule has 2 unspecified atom stereocenters. The van der Waals surface area contributed by atoms with Crippen molar-refractivity contribution >= 4 is 33.4 Å². The molecule has 0 aliphatic heterocycles. The minimum absolute atomic E-state index is 0.0792. The fourth-order valence-electron chi connectivity index (χ4n) is 2.29. The molecule has 2 atom stereocenters. The summed E-state index contributed by atoms with van der Waals surface area (Å²) in [6, 6.07) is 5.22. The number of rotatable bonds is 5. The molecule has 2 N–H and O–H groups in total. The van der Waals surface area contributed by atoms with Crippen LogP contribution in [0.4, 0.5) is 0 Å². The normalized spacial score (nSPS) is 21.8. The van der Waals surface area contributed by atoms with Crippen LogP contribution in [0.2, 0.25) is 5.02 Å². The molecule has 1 aromatic rings. The van der Waals surface area contributed by atoms with E-state index in [1.165, 1.54) is 0 Å². The van der Waals surface area contributed by atoms with Gasteiger partial charge in [-0.2, -0.15) is 0 Å². The third-order valence-electron chi connectivity index (χ3n) is 3.43. The van der Waals surface area contributed by atoms with Crippen LogP contribution in [0.25, 0.3) is 0 Å². The van der Waals surface area contributed by atoms with Gasteiger partial charge in [0.05, 0.1) is 11.1 Å². The van der Waals surface area contributed by atoms with E-state index >= 15 is 0 Å². The van der Waals surface area contributed by atoms with Crippen LogP contribution in [0.1, 0.15) is 19.3 Å². The van der Waals surface area contributed by atoms with Crippen molar-refractivity contribution < 1.29 is 14.6 Å². The summed E-state index contributed by atoms with van der Waals surface area (Å²) >= 11 is 9.29. The molecule has 0 spiro atoms. The topological polar surface area (TPSA) is 58.6 Å². The molecule has 0 radical (unpaired) electrons. The summed E-state index contributed by atoms with van der Waals surface area (Å²) in [6.45, 7) is 0.418. The predicted molar refractivity (Wildman–Crippen MR) is 81.0 cm³/mol. The first-order valence-corrected chi connectivity index (χ1v) is 7.76. The third-order valence-corrected chi connectivity index (χ3v) is 4.22. The highest BCUT2D eigenvalue weighted by Gasteiger charge is 2.25. The maximum absolute atomic E-state index is 11.7. The number of nitrogens with one attached hydrogen (secondary N) is 1. The van der Waals surface area contributed by atoms with E-state index in [-0.39, 0.29) is 24.5 Å². The molecule has 20 heavy (non-hydrogen) atoms. The standard InChI is InChI=1S/C14H17BrClNO3/c15-10-4-5-13(11(16)6-10)20-8-14(19)17-7-9-2-1-3-12(9)18/h4-6,9,12,18H,1-3,7-8H2,(H,17,19). The van der Waals surface area contributed by atoms with Gasteiger partial charge in [-0.3, -0.25) is 4.79 Å². The number of ether oxygens (including phenoxy) is 1. The van der Waals surface area contributed by atoms with Gasteiger partial charge in [0.1, 0.15) is 5.75 Å². The van der Waals surface area contributed by atoms with Gasteiger partial charge in [0.25, 0.3) is 5.91 Å². The Morgan fingerprint density at radius 3 is 2.95 bits per heavy atom. The maximum atomic E-state index is 11.7. The minimum atomic E-state index is -0.294. The zero-order valence-corrected chi connectivity index (χ0v) is 13.3. The molecular weight excluding hydrogens is 346 g/mol. The van der Waals surface area contributed by atoms with Crippen molar-refractivity contribution in [2.45, 2.75) is 25.4 Å². The van der Waals surface area contributed by atoms with Crippen molar-refractivity contribution in [2.24, 2.45) is 5.92 Å². The Labute approximate surface area is 131 Å². The Kier molecular flexibility index (Phi) is 5.69. The van der Waals surface area contributed by atoms with Crippen LogP contribution in [0.5, 0.6) is 5.75 Å². The molecule has 0 aromatic heterocycles. The minimum Gasteiger partial charge on any atom is -0.482 e. The van der Waals surface area contributed by atoms with Crippen molar-refractivity contribution in [3.05, 3.63) is 27.7 Å². The van der Waals surface area contributed by atoms with E-state index < -0.39 is 0 Å². The molecule has 1 amide bonds. The summed E-state index contributed by atoms with van der Waals surface area (Å²) < 4.78 is 6.22. The van der Waals surface area contributed by atoms with Crippen molar-refractivity contribution in [3.63, 3.8) is 0 Å². The zero-order chi connectivity index (χ0) is 14.5. The van der Waals surface area contributed by atoms with Crippen molar-refractivity contribution in [3.8, 4) is 5.75 Å². The summed E-state index contributed by atoms with van der Waals surface area (Å²) in [5.74, 6) is 0.434. The quantitative estimate of drug-likeness (QED) is 0.847. The number of hydrogen-bond acceptors (Lipinski definition) is 3. The Balaban J connectivity index is 1.74. The van der Waals surface area contributed by atoms with Gasteiger partial charge in [-0.1, -0.05) is 34.0 Å². The molecule has 1 saturated carbocycles. The van der Waals surface area contributed by atoms with Crippen LogP contribution < -0.4 is 10.1 Å². The largest absolute Gasteiger partial charge is 0.482 e. The highest BCUT2D eigenvalue weighted by molar-refractivity contribution is 9.10. The lowest BCUT2D eigenvalue weighted by Crippen LogP contribution is -2.35. The number of amides is 1. The van der Waals surface area contributed by atoms with E-state index in [0.29, 0.717) is 17.3 Å². The smallest absolute Gasteiger partial charge is 0.257 e. The van der Waals surface area contributed by atoms with Gasteiger partial charge in [0, 0.05) is 16.9 Å². The monoisotopic (exact) mass is 361 g/mol. The van der Waals surface area contributed by atoms with Gasteiger partial charge in [-0.05, 0) is 31.0 Å². The lowest BCUT2D eigenvalue weighted by atomic mass is 10.1. The number of aliphatic hydroxyl groups is 1. The SMILES string of the molecule is O=C(COc1ccc(Br)cc1Cl)NCC1CCCC1O. The fraction of sp³-hybridized carbons (Fsp3) is 0.500. The first-order chi connectivity index (χ1) is 9.56. The van der Waals surface area contributed by atoms with Crippen molar-refractivity contribution in [1.82, 2.24) is 5.32 Å². The van der Waals surface area contributed by atoms with Gasteiger partial charge in [-0.25, -0.2) is 0 Å². The van der Waals surface area contributed by atoms with Crippen LogP contribution in [0.3, 0.4) is 0 Å². The Bertz CT molecular complexity index is 483. The molecule has 1 aromatic carbocycles. The Hall–Kier alpha value is -0.780. The van der Waals surface area contributed by atoms with Gasteiger partial charge in [0.15, 0.2) is 6.61 Å². The van der Waals surface area contributed by atoms with Gasteiger partial charge >= 0.3 is 0 Å². The number of carbonyl (C=O) groups excluding carboxylic acids is 1. The highest BCUT2D eigenvalue weighted by atomic mass is 79.9. The number of aliphatic hydroxyl groups excluding tert-OH is 1. The van der Waals surface area contributed by atoms with E-state index in [1.807, 2.05) is 0 Å². The average Bonchev–Trinajstić information content (AvgIpc) is 2.81. The molecule has 1 aliphatic carbocycles. The Morgan fingerprint density at radius 1 is 1.50 bits per heavy atom. The predicted octanol–water partition coefficient (Wildman–Crippen LogP) is 2.76. The van der Waals surface area contributed by atoms with Crippen LogP contribution in [0, 0.1) is 5.92 Å². The summed E-state index contributed by atoms with van der Waals surface area (Å²) in [7, 11) is 0. The average molecular weight is 363 g/mol. The van der Waals surface area contributed by atoms with Gasteiger partial charge in [0.2, 0.25) is 0 Å². The molecule has 2 rings (SSSR count). The van der Waals surface area contributed by atoms with Crippen LogP contribution in [0.15, 0.2) is 22.7 Å². The summed E-state index contributed by atoms with van der Waals surface area (Å²) in [5, 5.41) is 12.9. The van der Waals surface area contributed by atoms with E-state index in [2.05, 4.69) is 21.2 Å². The molecule has 110 valence electrons. The van der Waals surface area contributed by atoms with E-state index in [0.717, 1.165) is 23.7 Å². The highest BCUT2D eigenvalue weighted by Crippen LogP contribution is 2.27. The molecule has 1 fully saturated rings. The second kappa shape index (κ2) is 7.29. The van der Waals surface area contributed by atoms with E-state index in [4.69, 9.17) is 16.3 Å². The lowest BCUT2D eigenvalue weighted by molar-refractivity contribution is -0.123. The zero-order valence-electron chi connectivity index (χ0n) is 10.9. The summed E-state index contributed by atoms with van der Waals surface area (Å²) in [4.78, 5) is 11.7. The number of hydrogen-bond donors (Lipinski definition) is 2. The molecule has 0 heterocycles. The molecular formula is C14H17BrClNO3. The number of benzene rings is 1. The number of carbonyl (C=O) groups is 1. The third kappa shape index (κ3) is 4.36. The molecule has 1 aliphatic rings. The number of halogens is 2. The lowest BCUT2D eigenvalue weighted by Gasteiger charge is -2.15. The summed E-state index contributed by atoms with van der Waals surface area (Å²) in [6.07, 6.45) is 2.51.